The van der Waals surface area contributed by atoms with E-state index in [1.807, 2.05) is 54.2 Å². The van der Waals surface area contributed by atoms with E-state index in [1.165, 1.54) is 11.8 Å². The van der Waals surface area contributed by atoms with Crippen LogP contribution in [0.3, 0.4) is 0 Å². The summed E-state index contributed by atoms with van der Waals surface area (Å²) in [6.07, 6.45) is 2.15. The number of nitrogens with one attached hydrogen (secondary N) is 2. The number of thioether (sulfide) groups is 1. The molecule has 0 aromatic heterocycles. The first-order chi connectivity index (χ1) is 13.5. The summed E-state index contributed by atoms with van der Waals surface area (Å²) in [6, 6.07) is 17.9. The van der Waals surface area contributed by atoms with Gasteiger partial charge < -0.3 is 10.1 Å². The van der Waals surface area contributed by atoms with Gasteiger partial charge in [-0.1, -0.05) is 42.5 Å². The number of rotatable bonds is 9. The summed E-state index contributed by atoms with van der Waals surface area (Å²) in [5.41, 5.74) is 2.33. The van der Waals surface area contributed by atoms with E-state index in [1.54, 1.807) is 7.11 Å². The lowest BCUT2D eigenvalue weighted by molar-refractivity contribution is 0.414. The Morgan fingerprint density at radius 1 is 1.14 bits per heavy atom. The molecule has 28 heavy (non-hydrogen) atoms. The highest BCUT2D eigenvalue weighted by Gasteiger charge is 2.35. The van der Waals surface area contributed by atoms with Gasteiger partial charge in [-0.2, -0.15) is 11.8 Å². The third kappa shape index (κ3) is 5.98. The molecule has 1 unspecified atom stereocenters. The molecule has 1 heterocycles. The van der Waals surface area contributed by atoms with Crippen LogP contribution in [0.1, 0.15) is 17.5 Å². The fourth-order valence-corrected chi connectivity index (χ4v) is 5.80. The molecule has 1 fully saturated rings. The van der Waals surface area contributed by atoms with E-state index in [0.29, 0.717) is 11.8 Å². The molecule has 0 amide bonds. The van der Waals surface area contributed by atoms with Crippen molar-refractivity contribution < 1.29 is 13.2 Å². The van der Waals surface area contributed by atoms with E-state index >= 15 is 0 Å². The van der Waals surface area contributed by atoms with E-state index in [-0.39, 0.29) is 6.04 Å². The van der Waals surface area contributed by atoms with Crippen LogP contribution in [0.2, 0.25) is 0 Å². The van der Waals surface area contributed by atoms with Gasteiger partial charge in [-0.15, -0.1) is 0 Å². The Balaban J connectivity index is 1.54. The number of sulfone groups is 1. The molecule has 1 aliphatic rings. The van der Waals surface area contributed by atoms with E-state index in [0.717, 1.165) is 30.0 Å². The SMILES string of the molecule is COc1ccc(CS[C@H]2CN[C@H](C(NCc3ccccc3)S(C)(=O)=O)C2)cc1. The first-order valence-electron chi connectivity index (χ1n) is 9.40. The Morgan fingerprint density at radius 2 is 1.86 bits per heavy atom. The third-order valence-corrected chi connectivity index (χ3v) is 7.69. The van der Waals surface area contributed by atoms with Crippen molar-refractivity contribution in [3.63, 3.8) is 0 Å². The van der Waals surface area contributed by atoms with Gasteiger partial charge >= 0.3 is 0 Å². The van der Waals surface area contributed by atoms with Crippen molar-refractivity contribution in [1.29, 1.82) is 0 Å². The molecular weight excluding hydrogens is 392 g/mol. The van der Waals surface area contributed by atoms with Crippen LogP contribution in [-0.4, -0.2) is 45.0 Å². The summed E-state index contributed by atoms with van der Waals surface area (Å²) in [5.74, 6) is 1.76. The molecule has 3 atom stereocenters. The van der Waals surface area contributed by atoms with Gasteiger partial charge in [-0.05, 0) is 29.7 Å². The molecule has 1 aliphatic heterocycles. The van der Waals surface area contributed by atoms with Crippen LogP contribution in [0.4, 0.5) is 0 Å². The normalized spacial score (nSPS) is 20.8. The minimum absolute atomic E-state index is 0.0768. The summed E-state index contributed by atoms with van der Waals surface area (Å²) in [5, 5.41) is 6.49. The van der Waals surface area contributed by atoms with Crippen LogP contribution >= 0.6 is 11.8 Å². The molecule has 7 heteroatoms. The van der Waals surface area contributed by atoms with Gasteiger partial charge in [0.25, 0.3) is 0 Å². The van der Waals surface area contributed by atoms with Crippen LogP contribution in [0.5, 0.6) is 5.75 Å². The average Bonchev–Trinajstić information content (AvgIpc) is 3.15. The smallest absolute Gasteiger partial charge is 0.164 e. The Morgan fingerprint density at radius 3 is 2.50 bits per heavy atom. The van der Waals surface area contributed by atoms with Crippen molar-refractivity contribution >= 4 is 21.6 Å². The predicted molar refractivity (Wildman–Crippen MR) is 116 cm³/mol. The maximum Gasteiger partial charge on any atom is 0.164 e. The summed E-state index contributed by atoms with van der Waals surface area (Å²) < 4.78 is 29.9. The quantitative estimate of drug-likeness (QED) is 0.650. The Kier molecular flexibility index (Phi) is 7.40. The highest BCUT2D eigenvalue weighted by Crippen LogP contribution is 2.27. The molecule has 1 saturated heterocycles. The molecule has 5 nitrogen and oxygen atoms in total. The molecule has 0 radical (unpaired) electrons. The standard InChI is InChI=1S/C21H28N2O3S2/c1-26-18-10-8-17(9-11-18)15-27-19-12-20(22-14-19)21(28(2,24)25)23-13-16-6-4-3-5-7-16/h3-11,19-23H,12-15H2,1-2H3/t19-,20+,21?/m1/s1. The molecule has 0 bridgehead atoms. The maximum absolute atomic E-state index is 12.4. The van der Waals surface area contributed by atoms with Gasteiger partial charge in [0, 0.05) is 36.4 Å². The number of benzene rings is 2. The van der Waals surface area contributed by atoms with E-state index in [2.05, 4.69) is 22.8 Å². The molecule has 2 aromatic carbocycles. The molecule has 0 saturated carbocycles. The molecule has 0 aliphatic carbocycles. The fraction of sp³-hybridized carbons (Fsp3) is 0.429. The van der Waals surface area contributed by atoms with Crippen molar-refractivity contribution in [2.75, 3.05) is 19.9 Å². The summed E-state index contributed by atoms with van der Waals surface area (Å²) in [7, 11) is -1.55. The van der Waals surface area contributed by atoms with Gasteiger partial charge in [0.05, 0.1) is 7.11 Å². The van der Waals surface area contributed by atoms with Crippen LogP contribution in [0, 0.1) is 0 Å². The van der Waals surface area contributed by atoms with Crippen LogP contribution in [-0.2, 0) is 22.1 Å². The zero-order chi connectivity index (χ0) is 20.0. The lowest BCUT2D eigenvalue weighted by Crippen LogP contribution is -2.49. The minimum Gasteiger partial charge on any atom is -0.497 e. The second-order valence-corrected chi connectivity index (χ2v) is 10.6. The van der Waals surface area contributed by atoms with Crippen LogP contribution in [0.25, 0.3) is 0 Å². The van der Waals surface area contributed by atoms with Crippen LogP contribution in [0.15, 0.2) is 54.6 Å². The highest BCUT2D eigenvalue weighted by molar-refractivity contribution is 7.99. The van der Waals surface area contributed by atoms with Gasteiger partial charge in [-0.25, -0.2) is 8.42 Å². The number of hydrogen-bond donors (Lipinski definition) is 2. The van der Waals surface area contributed by atoms with Crippen molar-refractivity contribution in [2.45, 2.75) is 35.4 Å². The summed E-state index contributed by atoms with van der Waals surface area (Å²) in [4.78, 5) is 0. The zero-order valence-corrected chi connectivity index (χ0v) is 17.9. The highest BCUT2D eigenvalue weighted by atomic mass is 32.2. The first-order valence-corrected chi connectivity index (χ1v) is 12.4. The topological polar surface area (TPSA) is 67.4 Å². The largest absolute Gasteiger partial charge is 0.497 e. The molecule has 0 spiro atoms. The lowest BCUT2D eigenvalue weighted by Gasteiger charge is -2.23. The number of ether oxygens (including phenoxy) is 1. The zero-order valence-electron chi connectivity index (χ0n) is 16.3. The van der Waals surface area contributed by atoms with E-state index < -0.39 is 15.2 Å². The second-order valence-electron chi connectivity index (χ2n) is 7.15. The second kappa shape index (κ2) is 9.78. The predicted octanol–water partition coefficient (Wildman–Crippen LogP) is 2.82. The average molecular weight is 421 g/mol. The van der Waals surface area contributed by atoms with Crippen molar-refractivity contribution in [1.82, 2.24) is 10.6 Å². The third-order valence-electron chi connectivity index (χ3n) is 4.95. The molecule has 2 N–H and O–H groups in total. The van der Waals surface area contributed by atoms with Gasteiger partial charge in [0.2, 0.25) is 0 Å². The summed E-state index contributed by atoms with van der Waals surface area (Å²) in [6.45, 7) is 1.37. The molecule has 152 valence electrons. The minimum atomic E-state index is -3.21. The Hall–Kier alpha value is -1.54. The van der Waals surface area contributed by atoms with Gasteiger partial charge in [0.15, 0.2) is 9.84 Å². The maximum atomic E-state index is 12.4. The van der Waals surface area contributed by atoms with E-state index in [4.69, 9.17) is 4.74 Å². The van der Waals surface area contributed by atoms with Crippen molar-refractivity contribution in [2.24, 2.45) is 0 Å². The number of methoxy groups -OCH3 is 1. The van der Waals surface area contributed by atoms with Gasteiger partial charge in [-0.3, -0.25) is 5.32 Å². The lowest BCUT2D eigenvalue weighted by atomic mass is 10.2. The van der Waals surface area contributed by atoms with Crippen molar-refractivity contribution in [3.05, 3.63) is 65.7 Å². The monoisotopic (exact) mass is 420 g/mol. The van der Waals surface area contributed by atoms with Crippen molar-refractivity contribution in [3.8, 4) is 5.75 Å². The van der Waals surface area contributed by atoms with Gasteiger partial charge in [0.1, 0.15) is 11.1 Å². The summed E-state index contributed by atoms with van der Waals surface area (Å²) >= 11 is 1.87. The van der Waals surface area contributed by atoms with Crippen LogP contribution < -0.4 is 15.4 Å². The molecule has 3 rings (SSSR count). The first kappa shape index (κ1) is 21.2. The Bertz CT molecular complexity index is 842. The van der Waals surface area contributed by atoms with E-state index in [9.17, 15) is 8.42 Å². The Labute approximate surface area is 172 Å². The fourth-order valence-electron chi connectivity index (χ4n) is 3.43. The number of hydrogen-bond acceptors (Lipinski definition) is 6. The molecule has 2 aromatic rings. The molecular formula is C21H28N2O3S2.